The van der Waals surface area contributed by atoms with Crippen molar-refractivity contribution < 1.29 is 0 Å². The fourth-order valence-electron chi connectivity index (χ4n) is 5.71. The molecule has 4 heterocycles. The molecule has 6 aromatic rings. The molecule has 4 aromatic heterocycles. The number of aromatic nitrogens is 4. The van der Waals surface area contributed by atoms with Crippen molar-refractivity contribution in [2.75, 3.05) is 0 Å². The van der Waals surface area contributed by atoms with Gasteiger partial charge < -0.3 is 9.13 Å². The molecule has 0 bridgehead atoms. The number of nitrogens with zero attached hydrogens (tertiary/aromatic N) is 4. The molecule has 0 atom stereocenters. The number of hydrogen-bond acceptors (Lipinski definition) is 2. The first-order valence-corrected chi connectivity index (χ1v) is 11.6. The van der Waals surface area contributed by atoms with Crippen molar-refractivity contribution in [2.45, 2.75) is 38.1 Å². The van der Waals surface area contributed by atoms with Crippen LogP contribution < -0.4 is 0 Å². The molecule has 32 heavy (non-hydrogen) atoms. The Morgan fingerprint density at radius 3 is 2.31 bits per heavy atom. The van der Waals surface area contributed by atoms with Gasteiger partial charge in [0.15, 0.2) is 0 Å². The van der Waals surface area contributed by atoms with Gasteiger partial charge in [0.25, 0.3) is 0 Å². The lowest BCUT2D eigenvalue weighted by Gasteiger charge is -2.25. The predicted molar refractivity (Wildman–Crippen MR) is 131 cm³/mol. The van der Waals surface area contributed by atoms with E-state index in [1.165, 1.54) is 48.5 Å². The lowest BCUT2D eigenvalue weighted by Crippen LogP contribution is -2.12. The molecule has 1 fully saturated rings. The summed E-state index contributed by atoms with van der Waals surface area (Å²) in [6.45, 7) is 0. The first-order valence-electron chi connectivity index (χ1n) is 11.6. The van der Waals surface area contributed by atoms with Gasteiger partial charge in [-0.3, -0.25) is 4.98 Å². The van der Waals surface area contributed by atoms with Crippen LogP contribution in [0.3, 0.4) is 0 Å². The van der Waals surface area contributed by atoms with Crippen LogP contribution in [-0.2, 0) is 0 Å². The summed E-state index contributed by atoms with van der Waals surface area (Å²) in [6.07, 6.45) is 8.33. The summed E-state index contributed by atoms with van der Waals surface area (Å²) >= 11 is 0. The number of fused-ring (bicyclic) bond motifs is 6. The monoisotopic (exact) mass is 416 g/mol. The molecule has 7 rings (SSSR count). The maximum absolute atomic E-state index is 5.29. The normalized spacial score (nSPS) is 15.4. The molecular formula is C28H24N4. The Bertz CT molecular complexity index is 1600. The highest BCUT2D eigenvalue weighted by atomic mass is 15.1. The van der Waals surface area contributed by atoms with Gasteiger partial charge in [-0.05, 0) is 49.2 Å². The maximum atomic E-state index is 5.29. The Hall–Kier alpha value is -3.66. The van der Waals surface area contributed by atoms with E-state index in [1.54, 1.807) is 0 Å². The fourth-order valence-corrected chi connectivity index (χ4v) is 5.71. The Morgan fingerprint density at radius 2 is 1.44 bits per heavy atom. The minimum Gasteiger partial charge on any atom is -0.336 e. The Kier molecular flexibility index (Phi) is 3.89. The molecule has 0 aliphatic heterocycles. The molecule has 0 spiro atoms. The van der Waals surface area contributed by atoms with Crippen LogP contribution in [0, 0.1) is 0 Å². The van der Waals surface area contributed by atoms with Gasteiger partial charge in [-0.1, -0.05) is 55.7 Å². The summed E-state index contributed by atoms with van der Waals surface area (Å²) in [7, 11) is 0. The van der Waals surface area contributed by atoms with Crippen LogP contribution in [0.2, 0.25) is 0 Å². The van der Waals surface area contributed by atoms with Crippen molar-refractivity contribution >= 4 is 44.0 Å². The fraction of sp³-hybridized carbons (Fsp3) is 0.214. The quantitative estimate of drug-likeness (QED) is 0.299. The van der Waals surface area contributed by atoms with Crippen LogP contribution in [0.5, 0.6) is 0 Å². The second-order valence-electron chi connectivity index (χ2n) is 8.94. The van der Waals surface area contributed by atoms with E-state index in [4.69, 9.17) is 9.97 Å². The van der Waals surface area contributed by atoms with E-state index >= 15 is 0 Å². The lowest BCUT2D eigenvalue weighted by atomic mass is 9.95. The van der Waals surface area contributed by atoms with Crippen LogP contribution in [0.15, 0.2) is 79.0 Å². The van der Waals surface area contributed by atoms with Crippen molar-refractivity contribution in [3.63, 3.8) is 0 Å². The molecule has 0 saturated heterocycles. The molecule has 2 aromatic carbocycles. The molecule has 0 radical (unpaired) electrons. The van der Waals surface area contributed by atoms with E-state index in [-0.39, 0.29) is 0 Å². The van der Waals surface area contributed by atoms with Gasteiger partial charge in [0.05, 0.1) is 27.6 Å². The summed E-state index contributed by atoms with van der Waals surface area (Å²) in [5, 5.41) is 1.24. The molecular weight excluding hydrogens is 392 g/mol. The second kappa shape index (κ2) is 6.92. The minimum atomic E-state index is 0.540. The van der Waals surface area contributed by atoms with Crippen molar-refractivity contribution in [1.29, 1.82) is 0 Å². The van der Waals surface area contributed by atoms with Gasteiger partial charge in [-0.15, -0.1) is 0 Å². The average Bonchev–Trinajstić information content (AvgIpc) is 3.36. The molecule has 1 aliphatic rings. The summed E-state index contributed by atoms with van der Waals surface area (Å²) < 4.78 is 4.89. The third-order valence-corrected chi connectivity index (χ3v) is 7.11. The van der Waals surface area contributed by atoms with Crippen LogP contribution >= 0.6 is 0 Å². The van der Waals surface area contributed by atoms with Crippen molar-refractivity contribution in [1.82, 2.24) is 19.1 Å². The number of para-hydroxylation sites is 2. The standard InChI is InChI=1S/C28H24N4/c1-3-10-19(11-4-1)31-22-15-8-7-14-21(22)26-24(31)18-25-28(30-26)27-23(16-9-17-29-27)32(25)20-12-5-2-6-13-20/h2,5-9,12-19H,1,3-4,10-11H2. The molecule has 156 valence electrons. The topological polar surface area (TPSA) is 35.6 Å². The summed E-state index contributed by atoms with van der Waals surface area (Å²) in [5.41, 5.74) is 8.94. The third kappa shape index (κ3) is 2.49. The zero-order valence-electron chi connectivity index (χ0n) is 17.9. The third-order valence-electron chi connectivity index (χ3n) is 7.11. The van der Waals surface area contributed by atoms with Crippen LogP contribution in [-0.4, -0.2) is 19.1 Å². The van der Waals surface area contributed by atoms with E-state index in [2.05, 4.69) is 75.9 Å². The van der Waals surface area contributed by atoms with E-state index in [9.17, 15) is 0 Å². The predicted octanol–water partition coefficient (Wildman–Crippen LogP) is 7.19. The van der Waals surface area contributed by atoms with Gasteiger partial charge in [0.1, 0.15) is 11.0 Å². The highest BCUT2D eigenvalue weighted by Gasteiger charge is 2.23. The van der Waals surface area contributed by atoms with E-state index < -0.39 is 0 Å². The first kappa shape index (κ1) is 18.0. The van der Waals surface area contributed by atoms with Crippen LogP contribution in [0.1, 0.15) is 38.1 Å². The van der Waals surface area contributed by atoms with Crippen molar-refractivity contribution in [3.05, 3.63) is 79.0 Å². The molecule has 1 saturated carbocycles. The first-order chi connectivity index (χ1) is 15.9. The van der Waals surface area contributed by atoms with Crippen LogP contribution in [0.4, 0.5) is 0 Å². The highest BCUT2D eigenvalue weighted by Crippen LogP contribution is 2.39. The SMILES string of the molecule is c1ccc(-n2c3cccnc3c3nc4c5ccccc5n(C5CCCCC5)c4cc32)cc1. The minimum absolute atomic E-state index is 0.540. The smallest absolute Gasteiger partial charge is 0.116 e. The van der Waals surface area contributed by atoms with Crippen molar-refractivity contribution in [3.8, 4) is 5.69 Å². The zero-order valence-corrected chi connectivity index (χ0v) is 17.9. The molecule has 1 aliphatic carbocycles. The molecule has 0 amide bonds. The van der Waals surface area contributed by atoms with E-state index in [1.807, 2.05) is 12.3 Å². The second-order valence-corrected chi connectivity index (χ2v) is 8.94. The van der Waals surface area contributed by atoms with E-state index in [0.717, 1.165) is 33.3 Å². The number of rotatable bonds is 2. The number of hydrogen-bond donors (Lipinski definition) is 0. The van der Waals surface area contributed by atoms with Gasteiger partial charge in [-0.25, -0.2) is 4.98 Å². The van der Waals surface area contributed by atoms with Gasteiger partial charge >= 0.3 is 0 Å². The zero-order chi connectivity index (χ0) is 21.1. The largest absolute Gasteiger partial charge is 0.336 e. The molecule has 0 N–H and O–H groups in total. The van der Waals surface area contributed by atoms with Gasteiger partial charge in [0, 0.05) is 23.3 Å². The summed E-state index contributed by atoms with van der Waals surface area (Å²) in [5.74, 6) is 0. The number of benzene rings is 2. The molecule has 0 unspecified atom stereocenters. The van der Waals surface area contributed by atoms with Crippen LogP contribution in [0.25, 0.3) is 49.7 Å². The van der Waals surface area contributed by atoms with Gasteiger partial charge in [-0.2, -0.15) is 0 Å². The molecule has 4 heteroatoms. The Labute approximate surface area is 186 Å². The molecule has 4 nitrogen and oxygen atoms in total. The van der Waals surface area contributed by atoms with Gasteiger partial charge in [0.2, 0.25) is 0 Å². The Morgan fingerprint density at radius 1 is 0.656 bits per heavy atom. The average molecular weight is 417 g/mol. The van der Waals surface area contributed by atoms with Crippen molar-refractivity contribution in [2.24, 2.45) is 0 Å². The maximum Gasteiger partial charge on any atom is 0.116 e. The lowest BCUT2D eigenvalue weighted by molar-refractivity contribution is 0.367. The van der Waals surface area contributed by atoms with E-state index in [0.29, 0.717) is 6.04 Å². The highest BCUT2D eigenvalue weighted by molar-refractivity contribution is 6.13. The number of pyridine rings is 2. The summed E-state index contributed by atoms with van der Waals surface area (Å²) in [4.78, 5) is 10.0. The Balaban J connectivity index is 1.65. The summed E-state index contributed by atoms with van der Waals surface area (Å²) in [6, 6.07) is 26.4.